The third-order valence-electron chi connectivity index (χ3n) is 3.98. The van der Waals surface area contributed by atoms with Crippen molar-refractivity contribution >= 4 is 22.2 Å². The zero-order chi connectivity index (χ0) is 21.3. The molecular formula is C18H12F4N4O2S. The molecule has 0 bridgehead atoms. The van der Waals surface area contributed by atoms with E-state index in [-0.39, 0.29) is 33.9 Å². The van der Waals surface area contributed by atoms with E-state index in [4.69, 9.17) is 5.26 Å². The number of carbonyl (C=O) groups excluding carboxylic acids is 1. The van der Waals surface area contributed by atoms with Crippen LogP contribution >= 0.6 is 11.3 Å². The number of fused-ring (bicyclic) bond motifs is 1. The second-order valence-electron chi connectivity index (χ2n) is 6.08. The first-order chi connectivity index (χ1) is 13.6. The van der Waals surface area contributed by atoms with Gasteiger partial charge in [0.15, 0.2) is 4.96 Å². The topological polar surface area (TPSA) is 87.3 Å². The fourth-order valence-corrected chi connectivity index (χ4v) is 3.73. The molecule has 1 aromatic carbocycles. The molecule has 0 fully saturated rings. The van der Waals surface area contributed by atoms with Gasteiger partial charge in [-0.05, 0) is 18.6 Å². The molecule has 1 N–H and O–H groups in total. The van der Waals surface area contributed by atoms with Gasteiger partial charge in [-0.15, -0.1) is 11.3 Å². The Hall–Kier alpha value is -3.26. The number of rotatable bonds is 4. The quantitative estimate of drug-likeness (QED) is 0.653. The van der Waals surface area contributed by atoms with Crippen molar-refractivity contribution in [2.24, 2.45) is 0 Å². The molecule has 0 aliphatic rings. The third-order valence-corrected chi connectivity index (χ3v) is 4.93. The Morgan fingerprint density at radius 2 is 2.10 bits per heavy atom. The maximum Gasteiger partial charge on any atom is 0.405 e. The van der Waals surface area contributed by atoms with E-state index in [1.54, 1.807) is 11.4 Å². The maximum atomic E-state index is 14.3. The van der Waals surface area contributed by atoms with Crippen molar-refractivity contribution < 1.29 is 22.4 Å². The number of hydrogen-bond acceptors (Lipinski definition) is 5. The molecule has 0 atom stereocenters. The molecule has 0 saturated heterocycles. The summed E-state index contributed by atoms with van der Waals surface area (Å²) in [7, 11) is 0. The van der Waals surface area contributed by atoms with Crippen LogP contribution in [-0.2, 0) is 6.42 Å². The van der Waals surface area contributed by atoms with Crippen molar-refractivity contribution in [3.8, 4) is 6.07 Å². The van der Waals surface area contributed by atoms with Crippen LogP contribution in [0.3, 0.4) is 0 Å². The molecule has 11 heteroatoms. The minimum Gasteiger partial charge on any atom is -0.342 e. The Bertz CT molecular complexity index is 1210. The van der Waals surface area contributed by atoms with Crippen LogP contribution < -0.4 is 10.9 Å². The van der Waals surface area contributed by atoms with Gasteiger partial charge in [-0.1, -0.05) is 12.1 Å². The van der Waals surface area contributed by atoms with Gasteiger partial charge in [0.2, 0.25) is 0 Å². The van der Waals surface area contributed by atoms with Crippen molar-refractivity contribution in [1.82, 2.24) is 14.7 Å². The average Bonchev–Trinajstić information content (AvgIpc) is 2.97. The Balaban J connectivity index is 1.99. The molecule has 2 heterocycles. The van der Waals surface area contributed by atoms with E-state index in [0.29, 0.717) is 4.88 Å². The Morgan fingerprint density at radius 3 is 2.76 bits per heavy atom. The summed E-state index contributed by atoms with van der Waals surface area (Å²) >= 11 is 0.955. The van der Waals surface area contributed by atoms with Crippen LogP contribution in [0, 0.1) is 24.1 Å². The number of aromatic nitrogens is 2. The molecule has 3 rings (SSSR count). The molecule has 6 nitrogen and oxygen atoms in total. The first-order valence-corrected chi connectivity index (χ1v) is 8.97. The second-order valence-corrected chi connectivity index (χ2v) is 7.26. The van der Waals surface area contributed by atoms with Crippen LogP contribution in [-0.4, -0.2) is 28.0 Å². The lowest BCUT2D eigenvalue weighted by Gasteiger charge is -2.09. The van der Waals surface area contributed by atoms with Gasteiger partial charge >= 0.3 is 6.18 Å². The van der Waals surface area contributed by atoms with E-state index in [9.17, 15) is 27.2 Å². The van der Waals surface area contributed by atoms with Crippen molar-refractivity contribution in [3.05, 3.63) is 67.8 Å². The summed E-state index contributed by atoms with van der Waals surface area (Å²) in [6.45, 7) is -0.0472. The molecule has 3 aromatic rings. The number of nitriles is 1. The normalized spacial score (nSPS) is 11.4. The summed E-state index contributed by atoms with van der Waals surface area (Å²) in [4.78, 5) is 29.3. The van der Waals surface area contributed by atoms with Gasteiger partial charge in [0, 0.05) is 17.4 Å². The van der Waals surface area contributed by atoms with Crippen molar-refractivity contribution in [3.63, 3.8) is 0 Å². The molecule has 150 valence electrons. The summed E-state index contributed by atoms with van der Waals surface area (Å²) in [6, 6.07) is 7.08. The number of benzene rings is 1. The molecule has 0 unspecified atom stereocenters. The number of aryl methyl sites for hydroxylation is 1. The van der Waals surface area contributed by atoms with Crippen LogP contribution in [0.15, 0.2) is 29.1 Å². The Labute approximate surface area is 165 Å². The van der Waals surface area contributed by atoms with E-state index in [0.717, 1.165) is 21.8 Å². The SMILES string of the molecule is Cc1sc2nc(Cc3cccc(C#N)c3F)cc(=O)n2c1C(=O)NCC(F)(F)F. The molecule has 0 radical (unpaired) electrons. The third kappa shape index (κ3) is 4.27. The Morgan fingerprint density at radius 1 is 1.38 bits per heavy atom. The standard InChI is InChI=1S/C18H12F4N4O2S/c1-9-15(16(28)24-8-18(20,21)22)26-13(27)6-12(25-17(26)29-9)5-10-3-2-4-11(7-23)14(10)19/h2-4,6H,5,8H2,1H3,(H,24,28). The van der Waals surface area contributed by atoms with Crippen LogP contribution in [0.25, 0.3) is 4.96 Å². The lowest BCUT2D eigenvalue weighted by molar-refractivity contribution is -0.123. The van der Waals surface area contributed by atoms with Gasteiger partial charge in [0.1, 0.15) is 24.1 Å². The molecule has 2 aromatic heterocycles. The predicted octanol–water partition coefficient (Wildman–Crippen LogP) is 2.96. The monoisotopic (exact) mass is 424 g/mol. The van der Waals surface area contributed by atoms with Gasteiger partial charge in [-0.2, -0.15) is 18.4 Å². The zero-order valence-corrected chi connectivity index (χ0v) is 15.6. The summed E-state index contributed by atoms with van der Waals surface area (Å²) in [5.74, 6) is -1.76. The van der Waals surface area contributed by atoms with Gasteiger partial charge < -0.3 is 5.32 Å². The number of carbonyl (C=O) groups is 1. The maximum absolute atomic E-state index is 14.3. The van der Waals surface area contributed by atoms with Crippen molar-refractivity contribution in [2.45, 2.75) is 19.5 Å². The fourth-order valence-electron chi connectivity index (χ4n) is 2.74. The van der Waals surface area contributed by atoms with Gasteiger partial charge in [0.25, 0.3) is 11.5 Å². The highest BCUT2D eigenvalue weighted by atomic mass is 32.1. The molecule has 29 heavy (non-hydrogen) atoms. The lowest BCUT2D eigenvalue weighted by atomic mass is 10.1. The molecule has 0 aliphatic carbocycles. The summed E-state index contributed by atoms with van der Waals surface area (Å²) in [6.07, 6.45) is -4.66. The smallest absolute Gasteiger partial charge is 0.342 e. The molecular weight excluding hydrogens is 412 g/mol. The average molecular weight is 424 g/mol. The number of amides is 1. The van der Waals surface area contributed by atoms with E-state index < -0.39 is 30.0 Å². The van der Waals surface area contributed by atoms with Crippen LogP contribution in [0.2, 0.25) is 0 Å². The van der Waals surface area contributed by atoms with E-state index in [2.05, 4.69) is 4.98 Å². The number of thiazole rings is 1. The zero-order valence-electron chi connectivity index (χ0n) is 14.8. The largest absolute Gasteiger partial charge is 0.405 e. The van der Waals surface area contributed by atoms with E-state index in [1.165, 1.54) is 25.1 Å². The Kier molecular flexibility index (Phi) is 5.39. The minimum atomic E-state index is -4.59. The molecule has 1 amide bonds. The summed E-state index contributed by atoms with van der Waals surface area (Å²) in [5, 5.41) is 10.6. The van der Waals surface area contributed by atoms with Crippen molar-refractivity contribution in [2.75, 3.05) is 6.54 Å². The lowest BCUT2D eigenvalue weighted by Crippen LogP contribution is -2.35. The van der Waals surface area contributed by atoms with Crippen molar-refractivity contribution in [1.29, 1.82) is 5.26 Å². The van der Waals surface area contributed by atoms with Crippen LogP contribution in [0.1, 0.15) is 32.2 Å². The highest BCUT2D eigenvalue weighted by molar-refractivity contribution is 7.17. The van der Waals surface area contributed by atoms with E-state index >= 15 is 0 Å². The highest BCUT2D eigenvalue weighted by Gasteiger charge is 2.29. The predicted molar refractivity (Wildman–Crippen MR) is 96.4 cm³/mol. The summed E-state index contributed by atoms with van der Waals surface area (Å²) < 4.78 is 52.2. The summed E-state index contributed by atoms with van der Waals surface area (Å²) in [5.41, 5.74) is -0.681. The van der Waals surface area contributed by atoms with Gasteiger partial charge in [-0.3, -0.25) is 9.59 Å². The minimum absolute atomic E-state index is 0.0698. The van der Waals surface area contributed by atoms with Crippen LogP contribution in [0.5, 0.6) is 0 Å². The number of nitrogens with one attached hydrogen (secondary N) is 1. The van der Waals surface area contributed by atoms with Crippen LogP contribution in [0.4, 0.5) is 17.6 Å². The first kappa shape index (κ1) is 20.5. The number of halogens is 4. The molecule has 0 aliphatic heterocycles. The molecule has 0 saturated carbocycles. The highest BCUT2D eigenvalue weighted by Crippen LogP contribution is 2.22. The number of alkyl halides is 3. The second kappa shape index (κ2) is 7.63. The first-order valence-electron chi connectivity index (χ1n) is 8.15. The van der Waals surface area contributed by atoms with E-state index in [1.807, 2.05) is 0 Å². The number of hydrogen-bond donors (Lipinski definition) is 1. The van der Waals surface area contributed by atoms with Gasteiger partial charge in [-0.25, -0.2) is 13.8 Å². The fraction of sp³-hybridized carbons (Fsp3) is 0.222. The number of nitrogens with zero attached hydrogens (tertiary/aromatic N) is 3. The van der Waals surface area contributed by atoms with Gasteiger partial charge in [0.05, 0.1) is 11.3 Å². The molecule has 0 spiro atoms.